The van der Waals surface area contributed by atoms with Gasteiger partial charge < -0.3 is 14.6 Å². The Morgan fingerprint density at radius 2 is 1.89 bits per heavy atom. The molecule has 2 fully saturated rings. The van der Waals surface area contributed by atoms with Crippen molar-refractivity contribution in [2.75, 3.05) is 12.9 Å². The lowest BCUT2D eigenvalue weighted by Gasteiger charge is -2.60. The number of rotatable bonds is 2. The van der Waals surface area contributed by atoms with Crippen LogP contribution in [-0.4, -0.2) is 27.2 Å². The summed E-state index contributed by atoms with van der Waals surface area (Å²) >= 11 is 0. The van der Waals surface area contributed by atoms with Gasteiger partial charge in [-0.05, 0) is 72.0 Å². The molecule has 3 aliphatic rings. The van der Waals surface area contributed by atoms with E-state index in [4.69, 9.17) is 4.74 Å². The molecule has 2 aliphatic carbocycles. The van der Waals surface area contributed by atoms with Gasteiger partial charge in [-0.25, -0.2) is 8.42 Å². The molecule has 1 aliphatic heterocycles. The minimum Gasteiger partial charge on any atom is -0.545 e. The van der Waals surface area contributed by atoms with E-state index in [1.165, 1.54) is 19.2 Å². The predicted molar refractivity (Wildman–Crippen MR) is 104 cm³/mol. The largest absolute Gasteiger partial charge is 0.545 e. The molecule has 0 N–H and O–H groups in total. The lowest BCUT2D eigenvalue weighted by atomic mass is 9.46. The topological polar surface area (TPSA) is 83.5 Å². The SMILES string of the molecule is COc1cc(C(=O)[O-])c2c(c1)S(=O)(=O)C[C@H]1[C@H]2CC[C@H]2C(C)(C)CCC[C@]12C. The number of carboxylic acids is 1. The summed E-state index contributed by atoms with van der Waals surface area (Å²) in [5.74, 6) is -0.660. The van der Waals surface area contributed by atoms with Gasteiger partial charge in [0.1, 0.15) is 5.75 Å². The molecule has 28 heavy (non-hydrogen) atoms. The lowest BCUT2D eigenvalue weighted by Crippen LogP contribution is -2.54. The molecule has 0 radical (unpaired) electrons. The van der Waals surface area contributed by atoms with Gasteiger partial charge in [-0.2, -0.15) is 0 Å². The molecule has 2 saturated carbocycles. The molecule has 0 saturated heterocycles. The third-order valence-corrected chi connectivity index (χ3v) is 9.86. The number of methoxy groups -OCH3 is 1. The summed E-state index contributed by atoms with van der Waals surface area (Å²) in [5, 5.41) is 11.9. The summed E-state index contributed by atoms with van der Waals surface area (Å²) in [5.41, 5.74) is 0.516. The second-order valence-electron chi connectivity index (χ2n) is 9.85. The van der Waals surface area contributed by atoms with E-state index in [1.807, 2.05) is 0 Å². The van der Waals surface area contributed by atoms with Crippen LogP contribution in [0.4, 0.5) is 0 Å². The number of aromatic carboxylic acids is 1. The number of carbonyl (C=O) groups excluding carboxylic acids is 1. The number of carbonyl (C=O) groups is 1. The average molecular weight is 406 g/mol. The first kappa shape index (κ1) is 19.7. The lowest BCUT2D eigenvalue weighted by molar-refractivity contribution is -0.255. The fourth-order valence-corrected chi connectivity index (χ4v) is 9.00. The summed E-state index contributed by atoms with van der Waals surface area (Å²) < 4.78 is 31.7. The van der Waals surface area contributed by atoms with Crippen molar-refractivity contribution < 1.29 is 23.1 Å². The highest BCUT2D eigenvalue weighted by Gasteiger charge is 2.58. The normalized spacial score (nSPS) is 35.2. The van der Waals surface area contributed by atoms with Crippen LogP contribution in [0.1, 0.15) is 74.7 Å². The Kier molecular flexibility index (Phi) is 4.38. The molecule has 5 nitrogen and oxygen atoms in total. The van der Waals surface area contributed by atoms with Crippen molar-refractivity contribution in [3.05, 3.63) is 23.3 Å². The maximum absolute atomic E-state index is 13.3. The monoisotopic (exact) mass is 405 g/mol. The molecule has 0 unspecified atom stereocenters. The zero-order chi connectivity index (χ0) is 20.5. The van der Waals surface area contributed by atoms with Crippen LogP contribution >= 0.6 is 0 Å². The van der Waals surface area contributed by atoms with Crippen molar-refractivity contribution in [1.82, 2.24) is 0 Å². The highest BCUT2D eigenvalue weighted by Crippen LogP contribution is 2.65. The number of hydrogen-bond donors (Lipinski definition) is 0. The van der Waals surface area contributed by atoms with Gasteiger partial charge >= 0.3 is 0 Å². The van der Waals surface area contributed by atoms with Crippen molar-refractivity contribution >= 4 is 15.8 Å². The Balaban J connectivity index is 1.92. The van der Waals surface area contributed by atoms with E-state index < -0.39 is 15.8 Å². The fraction of sp³-hybridized carbons (Fsp3) is 0.682. The van der Waals surface area contributed by atoms with E-state index in [-0.39, 0.29) is 44.6 Å². The smallest absolute Gasteiger partial charge is 0.179 e. The van der Waals surface area contributed by atoms with E-state index in [2.05, 4.69) is 20.8 Å². The standard InChI is InChI=1S/C22H30O5S/c1-21(2)8-5-9-22(3)16-12-28(25,26)17-11-13(27-4)10-15(20(23)24)19(17)14(16)6-7-18(21)22/h10-11,14,16,18H,5-9,12H2,1-4H3,(H,23,24)/p-1/t14-,16+,18+,22-/m1/s1. The van der Waals surface area contributed by atoms with Crippen LogP contribution < -0.4 is 9.84 Å². The van der Waals surface area contributed by atoms with Gasteiger partial charge in [-0.1, -0.05) is 27.2 Å². The molecule has 0 aromatic heterocycles. The van der Waals surface area contributed by atoms with Gasteiger partial charge in [-0.3, -0.25) is 0 Å². The highest BCUT2D eigenvalue weighted by atomic mass is 32.2. The first-order valence-corrected chi connectivity index (χ1v) is 11.8. The van der Waals surface area contributed by atoms with E-state index in [1.54, 1.807) is 0 Å². The van der Waals surface area contributed by atoms with E-state index >= 15 is 0 Å². The molecule has 1 aromatic rings. The van der Waals surface area contributed by atoms with Crippen LogP contribution in [-0.2, 0) is 9.84 Å². The summed E-state index contributed by atoms with van der Waals surface area (Å²) in [6.45, 7) is 6.86. The van der Waals surface area contributed by atoms with Gasteiger partial charge in [0, 0.05) is 5.56 Å². The number of carboxylic acid groups (broad SMARTS) is 1. The van der Waals surface area contributed by atoms with Crippen LogP contribution in [0, 0.1) is 22.7 Å². The summed E-state index contributed by atoms with van der Waals surface area (Å²) in [4.78, 5) is 12.1. The van der Waals surface area contributed by atoms with Gasteiger partial charge in [-0.15, -0.1) is 0 Å². The summed E-state index contributed by atoms with van der Waals surface area (Å²) in [6.07, 6.45) is 5.08. The molecule has 1 heterocycles. The Hall–Kier alpha value is -1.56. The summed E-state index contributed by atoms with van der Waals surface area (Å²) in [6, 6.07) is 2.91. The van der Waals surface area contributed by atoms with Gasteiger partial charge in [0.15, 0.2) is 9.84 Å². The highest BCUT2D eigenvalue weighted by molar-refractivity contribution is 7.91. The predicted octanol–water partition coefficient (Wildman–Crippen LogP) is 3.17. The number of benzene rings is 1. The minimum atomic E-state index is -3.60. The van der Waals surface area contributed by atoms with Crippen LogP contribution in [0.5, 0.6) is 5.75 Å². The minimum absolute atomic E-state index is 0.0234. The van der Waals surface area contributed by atoms with E-state index in [0.717, 1.165) is 32.1 Å². The second-order valence-corrected chi connectivity index (χ2v) is 11.8. The number of hydrogen-bond acceptors (Lipinski definition) is 5. The van der Waals surface area contributed by atoms with Crippen molar-refractivity contribution in [2.24, 2.45) is 22.7 Å². The Bertz CT molecular complexity index is 932. The van der Waals surface area contributed by atoms with Crippen LogP contribution in [0.25, 0.3) is 0 Å². The molecule has 1 aromatic carbocycles. The fourth-order valence-electron chi connectivity index (χ4n) is 6.84. The maximum Gasteiger partial charge on any atom is 0.179 e. The Morgan fingerprint density at radius 3 is 2.54 bits per heavy atom. The zero-order valence-electron chi connectivity index (χ0n) is 17.1. The summed E-state index contributed by atoms with van der Waals surface area (Å²) in [7, 11) is -2.19. The number of ether oxygens (including phenoxy) is 1. The average Bonchev–Trinajstić information content (AvgIpc) is 2.60. The quantitative estimate of drug-likeness (QED) is 0.755. The number of sulfone groups is 1. The number of fused-ring (bicyclic) bond motifs is 5. The molecular formula is C22H29O5S-. The molecule has 0 amide bonds. The Morgan fingerprint density at radius 1 is 1.18 bits per heavy atom. The van der Waals surface area contributed by atoms with E-state index in [0.29, 0.717) is 11.5 Å². The van der Waals surface area contributed by atoms with Gasteiger partial charge in [0.25, 0.3) is 0 Å². The van der Waals surface area contributed by atoms with Crippen LogP contribution in [0.15, 0.2) is 17.0 Å². The third-order valence-electron chi connectivity index (χ3n) is 8.05. The molecule has 154 valence electrons. The first-order valence-electron chi connectivity index (χ1n) is 10.2. The first-order chi connectivity index (χ1) is 13.0. The Labute approximate surface area is 167 Å². The second kappa shape index (κ2) is 6.22. The van der Waals surface area contributed by atoms with Crippen molar-refractivity contribution in [3.8, 4) is 5.75 Å². The van der Waals surface area contributed by atoms with Crippen molar-refractivity contribution in [3.63, 3.8) is 0 Å². The third kappa shape index (κ3) is 2.71. The molecule has 0 spiro atoms. The molecular weight excluding hydrogens is 376 g/mol. The molecule has 6 heteroatoms. The van der Waals surface area contributed by atoms with Gasteiger partial charge in [0.2, 0.25) is 0 Å². The van der Waals surface area contributed by atoms with Crippen molar-refractivity contribution in [1.29, 1.82) is 0 Å². The molecule has 0 bridgehead atoms. The molecule has 4 atom stereocenters. The molecule has 4 rings (SSSR count). The van der Waals surface area contributed by atoms with Crippen molar-refractivity contribution in [2.45, 2.75) is 63.7 Å². The van der Waals surface area contributed by atoms with Crippen LogP contribution in [0.2, 0.25) is 0 Å². The van der Waals surface area contributed by atoms with E-state index in [9.17, 15) is 18.3 Å². The maximum atomic E-state index is 13.3. The van der Waals surface area contributed by atoms with Gasteiger partial charge in [0.05, 0.1) is 23.7 Å². The van der Waals surface area contributed by atoms with Crippen LogP contribution in [0.3, 0.4) is 0 Å². The zero-order valence-corrected chi connectivity index (χ0v) is 17.9.